The Kier molecular flexibility index (Phi) is 3.49. The van der Waals surface area contributed by atoms with Crippen LogP contribution in [0, 0.1) is 5.92 Å². The predicted molar refractivity (Wildman–Crippen MR) is 81.7 cm³/mol. The van der Waals surface area contributed by atoms with Gasteiger partial charge in [0.25, 0.3) is 0 Å². The van der Waals surface area contributed by atoms with Crippen LogP contribution < -0.4 is 10.6 Å². The molecular weight excluding hydrogens is 248 g/mol. The van der Waals surface area contributed by atoms with E-state index < -0.39 is 0 Å². The predicted octanol–water partition coefficient (Wildman–Crippen LogP) is 2.12. The highest BCUT2D eigenvalue weighted by atomic mass is 15.2. The minimum atomic E-state index is 0.186. The molecule has 1 aromatic heterocycles. The largest absolute Gasteiger partial charge is 0.361 e. The van der Waals surface area contributed by atoms with Crippen LogP contribution in [0.2, 0.25) is 0 Å². The molecule has 0 spiro atoms. The zero-order valence-electron chi connectivity index (χ0n) is 12.2. The number of benzene rings is 1. The number of fused-ring (bicyclic) bond motifs is 1. The number of rotatable bonds is 3. The average molecular weight is 270 g/mol. The number of para-hydroxylation sites is 1. The van der Waals surface area contributed by atoms with Crippen LogP contribution in [0.1, 0.15) is 24.2 Å². The van der Waals surface area contributed by atoms with Gasteiger partial charge in [-0.2, -0.15) is 0 Å². The fraction of sp³-hybridized carbons (Fsp3) is 0.438. The van der Waals surface area contributed by atoms with E-state index in [4.69, 9.17) is 5.73 Å². The van der Waals surface area contributed by atoms with Crippen molar-refractivity contribution in [2.45, 2.75) is 19.4 Å². The summed E-state index contributed by atoms with van der Waals surface area (Å²) in [7, 11) is 2.03. The number of aromatic nitrogens is 2. The van der Waals surface area contributed by atoms with E-state index in [9.17, 15) is 0 Å². The highest BCUT2D eigenvalue weighted by Crippen LogP contribution is 2.35. The van der Waals surface area contributed by atoms with Crippen molar-refractivity contribution in [1.29, 1.82) is 0 Å². The van der Waals surface area contributed by atoms with E-state index in [0.29, 0.717) is 12.5 Å². The summed E-state index contributed by atoms with van der Waals surface area (Å²) in [6, 6.07) is 8.86. The second kappa shape index (κ2) is 5.29. The van der Waals surface area contributed by atoms with E-state index >= 15 is 0 Å². The van der Waals surface area contributed by atoms with Crippen LogP contribution in [0.3, 0.4) is 0 Å². The van der Waals surface area contributed by atoms with E-state index in [-0.39, 0.29) is 6.04 Å². The Bertz CT molecular complexity index is 590. The van der Waals surface area contributed by atoms with Crippen LogP contribution in [0.5, 0.6) is 0 Å². The minimum Gasteiger partial charge on any atom is -0.361 e. The molecule has 0 amide bonds. The van der Waals surface area contributed by atoms with E-state index in [1.807, 2.05) is 19.6 Å². The molecule has 1 aliphatic heterocycles. The third-order valence-corrected chi connectivity index (χ3v) is 4.17. The molecule has 2 aromatic rings. The lowest BCUT2D eigenvalue weighted by molar-refractivity contribution is 0.480. The number of hydrogen-bond donors (Lipinski definition) is 1. The van der Waals surface area contributed by atoms with E-state index in [1.165, 1.54) is 16.9 Å². The molecule has 1 aliphatic rings. The minimum absolute atomic E-state index is 0.186. The van der Waals surface area contributed by atoms with Gasteiger partial charge in [-0.25, -0.2) is 4.98 Å². The molecule has 0 radical (unpaired) electrons. The van der Waals surface area contributed by atoms with Crippen molar-refractivity contribution in [1.82, 2.24) is 9.55 Å². The molecule has 0 bridgehead atoms. The monoisotopic (exact) mass is 270 g/mol. The van der Waals surface area contributed by atoms with E-state index in [2.05, 4.69) is 45.6 Å². The summed E-state index contributed by atoms with van der Waals surface area (Å²) in [5, 5.41) is 0. The van der Waals surface area contributed by atoms with Crippen molar-refractivity contribution in [3.8, 4) is 0 Å². The Balaban J connectivity index is 2.02. The van der Waals surface area contributed by atoms with Crippen molar-refractivity contribution in [3.05, 3.63) is 48.0 Å². The molecule has 4 nitrogen and oxygen atoms in total. The molecule has 2 unspecified atom stereocenters. The number of aryl methyl sites for hydroxylation is 1. The molecule has 2 heterocycles. The lowest BCUT2D eigenvalue weighted by Crippen LogP contribution is -2.41. The molecule has 0 saturated heterocycles. The summed E-state index contributed by atoms with van der Waals surface area (Å²) in [6.45, 7) is 3.95. The van der Waals surface area contributed by atoms with Gasteiger partial charge in [0, 0.05) is 25.8 Å². The summed E-state index contributed by atoms with van der Waals surface area (Å²) in [4.78, 5) is 6.69. The van der Waals surface area contributed by atoms with Crippen LogP contribution in [-0.4, -0.2) is 22.6 Å². The average Bonchev–Trinajstić information content (AvgIpc) is 2.86. The topological polar surface area (TPSA) is 47.1 Å². The van der Waals surface area contributed by atoms with E-state index in [1.54, 1.807) is 0 Å². The van der Waals surface area contributed by atoms with Gasteiger partial charge in [-0.3, -0.25) is 0 Å². The summed E-state index contributed by atoms with van der Waals surface area (Å²) in [5.41, 5.74) is 10.0. The van der Waals surface area contributed by atoms with Crippen LogP contribution in [-0.2, 0) is 13.5 Å². The maximum absolute atomic E-state index is 6.08. The van der Waals surface area contributed by atoms with Crippen molar-refractivity contribution >= 4 is 5.69 Å². The van der Waals surface area contributed by atoms with Gasteiger partial charge in [-0.15, -0.1) is 0 Å². The van der Waals surface area contributed by atoms with Crippen molar-refractivity contribution < 1.29 is 0 Å². The quantitative estimate of drug-likeness (QED) is 0.929. The van der Waals surface area contributed by atoms with Gasteiger partial charge < -0.3 is 15.2 Å². The zero-order valence-corrected chi connectivity index (χ0v) is 12.2. The van der Waals surface area contributed by atoms with Gasteiger partial charge in [0.05, 0.1) is 24.3 Å². The van der Waals surface area contributed by atoms with Crippen LogP contribution in [0.4, 0.5) is 5.69 Å². The number of imidazole rings is 1. The SMILES string of the molecule is CC1Cc2ccccc2N(C(CN)c2cncn2C)C1. The first kappa shape index (κ1) is 13.2. The van der Waals surface area contributed by atoms with E-state index in [0.717, 1.165) is 13.0 Å². The molecule has 0 aliphatic carbocycles. The molecule has 0 saturated carbocycles. The second-order valence-electron chi connectivity index (χ2n) is 5.77. The van der Waals surface area contributed by atoms with Gasteiger partial charge in [0.2, 0.25) is 0 Å². The second-order valence-corrected chi connectivity index (χ2v) is 5.77. The number of nitrogens with zero attached hydrogens (tertiary/aromatic N) is 3. The Morgan fingerprint density at radius 3 is 2.90 bits per heavy atom. The number of hydrogen-bond acceptors (Lipinski definition) is 3. The molecule has 20 heavy (non-hydrogen) atoms. The Hall–Kier alpha value is -1.81. The molecule has 2 atom stereocenters. The van der Waals surface area contributed by atoms with Crippen LogP contribution in [0.15, 0.2) is 36.8 Å². The third-order valence-electron chi connectivity index (χ3n) is 4.17. The molecule has 0 fully saturated rings. The summed E-state index contributed by atoms with van der Waals surface area (Å²) in [6.07, 6.45) is 4.92. The Morgan fingerprint density at radius 2 is 2.20 bits per heavy atom. The number of nitrogens with two attached hydrogens (primary N) is 1. The maximum Gasteiger partial charge on any atom is 0.0946 e. The van der Waals surface area contributed by atoms with Crippen molar-refractivity contribution in [2.24, 2.45) is 18.7 Å². The smallest absolute Gasteiger partial charge is 0.0946 e. The summed E-state index contributed by atoms with van der Waals surface area (Å²) >= 11 is 0. The summed E-state index contributed by atoms with van der Waals surface area (Å²) in [5.74, 6) is 0.646. The standard InChI is InChI=1S/C16H22N4/c1-12-7-13-5-3-4-6-14(13)20(10-12)15(8-17)16-9-18-11-19(16)2/h3-6,9,11-12,15H,7-8,10,17H2,1-2H3. The lowest BCUT2D eigenvalue weighted by Gasteiger charge is -2.40. The first-order valence-corrected chi connectivity index (χ1v) is 7.21. The van der Waals surface area contributed by atoms with Gasteiger partial charge in [0.1, 0.15) is 0 Å². The Morgan fingerprint density at radius 1 is 1.40 bits per heavy atom. The van der Waals surface area contributed by atoms with Crippen molar-refractivity contribution in [3.63, 3.8) is 0 Å². The van der Waals surface area contributed by atoms with Gasteiger partial charge in [-0.05, 0) is 24.0 Å². The fourth-order valence-electron chi connectivity index (χ4n) is 3.23. The molecule has 2 N–H and O–H groups in total. The lowest BCUT2D eigenvalue weighted by atomic mass is 9.92. The third kappa shape index (κ3) is 2.20. The summed E-state index contributed by atoms with van der Waals surface area (Å²) < 4.78 is 2.07. The molecule has 1 aromatic carbocycles. The highest BCUT2D eigenvalue weighted by Gasteiger charge is 2.28. The first-order valence-electron chi connectivity index (χ1n) is 7.21. The molecular formula is C16H22N4. The molecule has 3 rings (SSSR count). The van der Waals surface area contributed by atoms with Crippen molar-refractivity contribution in [2.75, 3.05) is 18.0 Å². The number of anilines is 1. The molecule has 106 valence electrons. The van der Waals surface area contributed by atoms with Gasteiger partial charge in [-0.1, -0.05) is 25.1 Å². The Labute approximate surface area is 120 Å². The normalized spacial score (nSPS) is 19.8. The first-order chi connectivity index (χ1) is 9.70. The fourth-order valence-corrected chi connectivity index (χ4v) is 3.23. The van der Waals surface area contributed by atoms with Gasteiger partial charge in [0.15, 0.2) is 0 Å². The zero-order chi connectivity index (χ0) is 14.1. The highest BCUT2D eigenvalue weighted by molar-refractivity contribution is 5.57. The van der Waals surface area contributed by atoms with Gasteiger partial charge >= 0.3 is 0 Å². The van der Waals surface area contributed by atoms with Crippen LogP contribution >= 0.6 is 0 Å². The maximum atomic E-state index is 6.08. The molecule has 4 heteroatoms. The van der Waals surface area contributed by atoms with Crippen LogP contribution in [0.25, 0.3) is 0 Å².